The van der Waals surface area contributed by atoms with Gasteiger partial charge in [0.2, 0.25) is 0 Å². The first-order valence-corrected chi connectivity index (χ1v) is 8.52. The normalized spacial score (nSPS) is 19.4. The van der Waals surface area contributed by atoms with Gasteiger partial charge in [-0.05, 0) is 37.5 Å². The number of nitrogens with zero attached hydrogens (tertiary/aromatic N) is 3. The lowest BCUT2D eigenvalue weighted by atomic mass is 10.1. The summed E-state index contributed by atoms with van der Waals surface area (Å²) in [5, 5.41) is 0. The van der Waals surface area contributed by atoms with Crippen molar-refractivity contribution < 1.29 is 4.74 Å². The number of thiazole rings is 1. The van der Waals surface area contributed by atoms with Crippen molar-refractivity contribution in [2.45, 2.75) is 32.4 Å². The first-order chi connectivity index (χ1) is 10.7. The highest BCUT2D eigenvalue weighted by molar-refractivity contribution is 7.09. The SMILES string of the molecule is Cc1ncsc1CN1CCO[C@H](CCc2ccnc(N)c2)C1. The molecule has 1 saturated heterocycles. The first kappa shape index (κ1) is 15.4. The number of morpholine rings is 1. The summed E-state index contributed by atoms with van der Waals surface area (Å²) in [6.07, 6.45) is 4.05. The highest BCUT2D eigenvalue weighted by atomic mass is 32.1. The van der Waals surface area contributed by atoms with Crippen LogP contribution in [-0.4, -0.2) is 40.7 Å². The van der Waals surface area contributed by atoms with Crippen molar-refractivity contribution in [3.8, 4) is 0 Å². The number of aryl methyl sites for hydroxylation is 2. The van der Waals surface area contributed by atoms with Gasteiger partial charge in [-0.1, -0.05) is 0 Å². The van der Waals surface area contributed by atoms with Gasteiger partial charge in [0.25, 0.3) is 0 Å². The zero-order valence-electron chi connectivity index (χ0n) is 12.9. The zero-order valence-corrected chi connectivity index (χ0v) is 13.7. The zero-order chi connectivity index (χ0) is 15.4. The fourth-order valence-corrected chi connectivity index (χ4v) is 3.58. The second-order valence-corrected chi connectivity index (χ2v) is 6.66. The minimum absolute atomic E-state index is 0.288. The van der Waals surface area contributed by atoms with E-state index in [9.17, 15) is 0 Å². The van der Waals surface area contributed by atoms with E-state index in [-0.39, 0.29) is 6.10 Å². The van der Waals surface area contributed by atoms with E-state index in [1.165, 1.54) is 10.4 Å². The van der Waals surface area contributed by atoms with E-state index in [4.69, 9.17) is 10.5 Å². The minimum atomic E-state index is 0.288. The number of aromatic nitrogens is 2. The molecule has 0 unspecified atom stereocenters. The van der Waals surface area contributed by atoms with Gasteiger partial charge < -0.3 is 10.5 Å². The number of nitrogens with two attached hydrogens (primary N) is 1. The number of nitrogen functional groups attached to an aromatic ring is 1. The van der Waals surface area contributed by atoms with Crippen molar-refractivity contribution in [1.82, 2.24) is 14.9 Å². The molecule has 2 aromatic heterocycles. The van der Waals surface area contributed by atoms with Crippen LogP contribution in [0.2, 0.25) is 0 Å². The molecule has 0 saturated carbocycles. The van der Waals surface area contributed by atoms with Crippen molar-refractivity contribution in [3.63, 3.8) is 0 Å². The molecule has 0 amide bonds. The van der Waals surface area contributed by atoms with Crippen molar-refractivity contribution in [1.29, 1.82) is 0 Å². The Balaban J connectivity index is 1.51. The van der Waals surface area contributed by atoms with Gasteiger partial charge in [0, 0.05) is 30.7 Å². The molecule has 1 atom stereocenters. The molecule has 0 radical (unpaired) electrons. The molecular formula is C16H22N4OS. The maximum Gasteiger partial charge on any atom is 0.123 e. The van der Waals surface area contributed by atoms with Gasteiger partial charge in [-0.15, -0.1) is 11.3 Å². The summed E-state index contributed by atoms with van der Waals surface area (Å²) in [7, 11) is 0. The molecule has 0 aliphatic carbocycles. The summed E-state index contributed by atoms with van der Waals surface area (Å²) in [6, 6.07) is 3.97. The number of anilines is 1. The van der Waals surface area contributed by atoms with Gasteiger partial charge in [-0.2, -0.15) is 0 Å². The van der Waals surface area contributed by atoms with E-state index in [1.807, 2.05) is 17.6 Å². The average Bonchev–Trinajstić information content (AvgIpc) is 2.91. The van der Waals surface area contributed by atoms with Crippen molar-refractivity contribution in [2.24, 2.45) is 0 Å². The molecule has 0 aromatic carbocycles. The largest absolute Gasteiger partial charge is 0.384 e. The monoisotopic (exact) mass is 318 g/mol. The van der Waals surface area contributed by atoms with Crippen molar-refractivity contribution >= 4 is 17.2 Å². The standard InChI is InChI=1S/C16H22N4OS/c1-12-15(22-11-19-12)10-20-6-7-21-14(9-20)3-2-13-4-5-18-16(17)8-13/h4-5,8,11,14H,2-3,6-7,9-10H2,1H3,(H2,17,18)/t14-/m1/s1. The first-order valence-electron chi connectivity index (χ1n) is 7.64. The molecule has 3 heterocycles. The average molecular weight is 318 g/mol. The maximum absolute atomic E-state index is 5.91. The molecule has 0 spiro atoms. The number of rotatable bonds is 5. The summed E-state index contributed by atoms with van der Waals surface area (Å²) in [6.45, 7) is 5.85. The van der Waals surface area contributed by atoms with Crippen LogP contribution in [0.4, 0.5) is 5.82 Å². The van der Waals surface area contributed by atoms with Crippen LogP contribution in [0.25, 0.3) is 0 Å². The molecule has 3 rings (SSSR count). The summed E-state index contributed by atoms with van der Waals surface area (Å²) < 4.78 is 5.91. The van der Waals surface area contributed by atoms with E-state index < -0.39 is 0 Å². The fourth-order valence-electron chi connectivity index (χ4n) is 2.76. The van der Waals surface area contributed by atoms with E-state index in [0.29, 0.717) is 5.82 Å². The Morgan fingerprint density at radius 3 is 3.14 bits per heavy atom. The van der Waals surface area contributed by atoms with Gasteiger partial charge in [0.15, 0.2) is 0 Å². The molecule has 0 bridgehead atoms. The summed E-state index contributed by atoms with van der Waals surface area (Å²) in [5.41, 5.74) is 10.0. The lowest BCUT2D eigenvalue weighted by Gasteiger charge is -2.32. The predicted octanol–water partition coefficient (Wildman–Crippen LogP) is 2.26. The van der Waals surface area contributed by atoms with Gasteiger partial charge >= 0.3 is 0 Å². The lowest BCUT2D eigenvalue weighted by Crippen LogP contribution is -2.42. The quantitative estimate of drug-likeness (QED) is 0.916. The third-order valence-electron chi connectivity index (χ3n) is 4.04. The third-order valence-corrected chi connectivity index (χ3v) is 4.96. The van der Waals surface area contributed by atoms with Crippen LogP contribution < -0.4 is 5.73 Å². The predicted molar refractivity (Wildman–Crippen MR) is 88.8 cm³/mol. The van der Waals surface area contributed by atoms with Gasteiger partial charge in [0.1, 0.15) is 5.82 Å². The molecule has 1 fully saturated rings. The lowest BCUT2D eigenvalue weighted by molar-refractivity contribution is -0.0343. The molecule has 5 nitrogen and oxygen atoms in total. The Kier molecular flexibility index (Phi) is 5.02. The summed E-state index contributed by atoms with van der Waals surface area (Å²) >= 11 is 1.74. The molecular weight excluding hydrogens is 296 g/mol. The second-order valence-electron chi connectivity index (χ2n) is 5.72. The Morgan fingerprint density at radius 2 is 2.36 bits per heavy atom. The van der Waals surface area contributed by atoms with E-state index in [0.717, 1.165) is 44.8 Å². The number of hydrogen-bond acceptors (Lipinski definition) is 6. The van der Waals surface area contributed by atoms with E-state index >= 15 is 0 Å². The number of pyridine rings is 1. The van der Waals surface area contributed by atoms with Crippen LogP contribution in [0.3, 0.4) is 0 Å². The Morgan fingerprint density at radius 1 is 1.45 bits per heavy atom. The summed E-state index contributed by atoms with van der Waals surface area (Å²) in [4.78, 5) is 12.2. The Hall–Kier alpha value is -1.50. The van der Waals surface area contributed by atoms with Crippen molar-refractivity contribution in [2.75, 3.05) is 25.4 Å². The highest BCUT2D eigenvalue weighted by Gasteiger charge is 2.21. The van der Waals surface area contributed by atoms with Gasteiger partial charge in [-0.3, -0.25) is 4.90 Å². The van der Waals surface area contributed by atoms with Crippen LogP contribution in [0.5, 0.6) is 0 Å². The van der Waals surface area contributed by atoms with E-state index in [1.54, 1.807) is 17.5 Å². The maximum atomic E-state index is 5.91. The fraction of sp³-hybridized carbons (Fsp3) is 0.500. The van der Waals surface area contributed by atoms with Crippen LogP contribution in [-0.2, 0) is 17.7 Å². The molecule has 1 aliphatic heterocycles. The molecule has 2 aromatic rings. The van der Waals surface area contributed by atoms with Crippen LogP contribution in [0, 0.1) is 6.92 Å². The topological polar surface area (TPSA) is 64.3 Å². The van der Waals surface area contributed by atoms with Gasteiger partial charge in [-0.25, -0.2) is 9.97 Å². The van der Waals surface area contributed by atoms with Crippen LogP contribution in [0.15, 0.2) is 23.8 Å². The summed E-state index contributed by atoms with van der Waals surface area (Å²) in [5.74, 6) is 0.587. The smallest absolute Gasteiger partial charge is 0.123 e. The Bertz CT molecular complexity index is 616. The second kappa shape index (κ2) is 7.17. The van der Waals surface area contributed by atoms with Gasteiger partial charge in [0.05, 0.1) is 23.9 Å². The Labute approximate surface area is 135 Å². The molecule has 2 N–H and O–H groups in total. The molecule has 118 valence electrons. The van der Waals surface area contributed by atoms with Crippen LogP contribution in [0.1, 0.15) is 22.6 Å². The molecule has 6 heteroatoms. The molecule has 1 aliphatic rings. The highest BCUT2D eigenvalue weighted by Crippen LogP contribution is 2.19. The third kappa shape index (κ3) is 4.03. The minimum Gasteiger partial charge on any atom is -0.384 e. The number of ether oxygens (including phenoxy) is 1. The number of hydrogen-bond donors (Lipinski definition) is 1. The van der Waals surface area contributed by atoms with E-state index in [2.05, 4.69) is 21.8 Å². The van der Waals surface area contributed by atoms with Crippen molar-refractivity contribution in [3.05, 3.63) is 40.0 Å². The molecule has 22 heavy (non-hydrogen) atoms. The van der Waals surface area contributed by atoms with Crippen LogP contribution >= 0.6 is 11.3 Å².